The van der Waals surface area contributed by atoms with E-state index in [2.05, 4.69) is 17.4 Å². The third-order valence-electron chi connectivity index (χ3n) is 3.44. The van der Waals surface area contributed by atoms with Gasteiger partial charge in [-0.1, -0.05) is 18.2 Å². The van der Waals surface area contributed by atoms with Crippen LogP contribution in [-0.2, 0) is 13.0 Å². The second-order valence-corrected chi connectivity index (χ2v) is 4.81. The first kappa shape index (κ1) is 12.9. The van der Waals surface area contributed by atoms with E-state index >= 15 is 0 Å². The summed E-state index contributed by atoms with van der Waals surface area (Å²) in [6, 6.07) is 9.93. The molecule has 0 spiro atoms. The molecule has 2 aromatic heterocycles. The molecule has 0 aliphatic carbocycles. The summed E-state index contributed by atoms with van der Waals surface area (Å²) < 4.78 is 7.76. The van der Waals surface area contributed by atoms with E-state index in [1.54, 1.807) is 0 Å². The molecule has 2 heterocycles. The van der Waals surface area contributed by atoms with Crippen molar-refractivity contribution in [3.8, 4) is 0 Å². The summed E-state index contributed by atoms with van der Waals surface area (Å²) in [5.41, 5.74) is 4.84. The minimum Gasteiger partial charge on any atom is -0.459 e. The van der Waals surface area contributed by atoms with Gasteiger partial charge in [0.25, 0.3) is 0 Å². The van der Waals surface area contributed by atoms with Gasteiger partial charge in [-0.15, -0.1) is 0 Å². The molecule has 0 aliphatic heterocycles. The lowest BCUT2D eigenvalue weighted by Crippen LogP contribution is -2.29. The van der Waals surface area contributed by atoms with Crippen molar-refractivity contribution >= 4 is 11.0 Å². The Kier molecular flexibility index (Phi) is 3.54. The first-order valence-corrected chi connectivity index (χ1v) is 6.76. The molecule has 0 bridgehead atoms. The first-order valence-electron chi connectivity index (χ1n) is 6.76. The van der Waals surface area contributed by atoms with E-state index in [1.807, 2.05) is 47.4 Å². The predicted octanol–water partition coefficient (Wildman–Crippen LogP) is 2.40. The molecule has 0 saturated carbocycles. The van der Waals surface area contributed by atoms with Crippen LogP contribution in [0.3, 0.4) is 0 Å². The van der Waals surface area contributed by atoms with Gasteiger partial charge in [-0.05, 0) is 31.0 Å². The van der Waals surface area contributed by atoms with Gasteiger partial charge in [-0.25, -0.2) is 5.43 Å². The third-order valence-corrected chi connectivity index (χ3v) is 3.44. The molecule has 5 heteroatoms. The first-order chi connectivity index (χ1) is 9.80. The minimum absolute atomic E-state index is 0.0584. The summed E-state index contributed by atoms with van der Waals surface area (Å²) in [6.45, 7) is 2.93. The molecule has 3 rings (SSSR count). The third kappa shape index (κ3) is 2.45. The van der Waals surface area contributed by atoms with E-state index in [4.69, 9.17) is 10.3 Å². The van der Waals surface area contributed by atoms with Gasteiger partial charge in [0.05, 0.1) is 12.2 Å². The second-order valence-electron chi connectivity index (χ2n) is 4.81. The van der Waals surface area contributed by atoms with Gasteiger partial charge >= 0.3 is 0 Å². The number of benzene rings is 1. The van der Waals surface area contributed by atoms with Crippen molar-refractivity contribution < 1.29 is 4.42 Å². The SMILES string of the molecule is CCn1cc(CC(NN)c2cc3ccccc3o2)cn1. The highest BCUT2D eigenvalue weighted by atomic mass is 16.3. The number of nitrogens with zero attached hydrogens (tertiary/aromatic N) is 2. The van der Waals surface area contributed by atoms with Crippen LogP contribution in [0.25, 0.3) is 11.0 Å². The van der Waals surface area contributed by atoms with Crippen LogP contribution in [-0.4, -0.2) is 9.78 Å². The zero-order valence-electron chi connectivity index (χ0n) is 11.4. The lowest BCUT2D eigenvalue weighted by molar-refractivity contribution is 0.434. The zero-order chi connectivity index (χ0) is 13.9. The number of hydrazine groups is 1. The van der Waals surface area contributed by atoms with Gasteiger partial charge in [-0.3, -0.25) is 10.5 Å². The molecule has 3 aromatic rings. The van der Waals surface area contributed by atoms with Gasteiger partial charge in [0.2, 0.25) is 0 Å². The fourth-order valence-corrected chi connectivity index (χ4v) is 2.34. The van der Waals surface area contributed by atoms with Crippen LogP contribution in [0.1, 0.15) is 24.3 Å². The molecule has 0 saturated heterocycles. The molecule has 0 aliphatic rings. The Hall–Kier alpha value is -2.11. The minimum atomic E-state index is -0.0584. The maximum atomic E-state index is 5.86. The molecule has 3 N–H and O–H groups in total. The molecule has 1 aromatic carbocycles. The molecule has 0 amide bonds. The maximum absolute atomic E-state index is 5.86. The normalized spacial score (nSPS) is 12.9. The average molecular weight is 270 g/mol. The Balaban J connectivity index is 1.85. The number of nitrogens with one attached hydrogen (secondary N) is 1. The highest BCUT2D eigenvalue weighted by molar-refractivity contribution is 5.77. The van der Waals surface area contributed by atoms with E-state index in [9.17, 15) is 0 Å². The van der Waals surface area contributed by atoms with Crippen molar-refractivity contribution in [2.75, 3.05) is 0 Å². The van der Waals surface area contributed by atoms with Gasteiger partial charge in [0, 0.05) is 18.1 Å². The number of furan rings is 1. The van der Waals surface area contributed by atoms with E-state index in [-0.39, 0.29) is 6.04 Å². The summed E-state index contributed by atoms with van der Waals surface area (Å²) in [4.78, 5) is 0. The Morgan fingerprint density at radius 3 is 2.95 bits per heavy atom. The number of fused-ring (bicyclic) bond motifs is 1. The van der Waals surface area contributed by atoms with Crippen LogP contribution in [0.5, 0.6) is 0 Å². The number of hydrogen-bond donors (Lipinski definition) is 2. The number of para-hydroxylation sites is 1. The molecule has 1 unspecified atom stereocenters. The number of nitrogens with two attached hydrogens (primary N) is 1. The topological polar surface area (TPSA) is 69.0 Å². The predicted molar refractivity (Wildman–Crippen MR) is 77.9 cm³/mol. The highest BCUT2D eigenvalue weighted by Crippen LogP contribution is 2.25. The summed E-state index contributed by atoms with van der Waals surface area (Å²) in [6.07, 6.45) is 4.65. The van der Waals surface area contributed by atoms with Crippen LogP contribution in [0.15, 0.2) is 47.1 Å². The van der Waals surface area contributed by atoms with Crippen molar-refractivity contribution in [1.29, 1.82) is 0 Å². The molecule has 104 valence electrons. The molecule has 5 nitrogen and oxygen atoms in total. The molecule has 20 heavy (non-hydrogen) atoms. The Bertz CT molecular complexity index is 668. The largest absolute Gasteiger partial charge is 0.459 e. The molecule has 0 fully saturated rings. The van der Waals surface area contributed by atoms with E-state index in [0.717, 1.165) is 35.3 Å². The van der Waals surface area contributed by atoms with Gasteiger partial charge in [0.1, 0.15) is 11.3 Å². The van der Waals surface area contributed by atoms with Crippen molar-refractivity contribution in [3.63, 3.8) is 0 Å². The Morgan fingerprint density at radius 1 is 1.40 bits per heavy atom. The summed E-state index contributed by atoms with van der Waals surface area (Å²) in [7, 11) is 0. The van der Waals surface area contributed by atoms with Crippen molar-refractivity contribution in [1.82, 2.24) is 15.2 Å². The monoisotopic (exact) mass is 270 g/mol. The van der Waals surface area contributed by atoms with Crippen molar-refractivity contribution in [2.24, 2.45) is 5.84 Å². The van der Waals surface area contributed by atoms with Crippen molar-refractivity contribution in [3.05, 3.63) is 54.0 Å². The van der Waals surface area contributed by atoms with Crippen molar-refractivity contribution in [2.45, 2.75) is 25.9 Å². The van der Waals surface area contributed by atoms with Crippen LogP contribution < -0.4 is 11.3 Å². The fraction of sp³-hybridized carbons (Fsp3) is 0.267. The second kappa shape index (κ2) is 5.48. The maximum Gasteiger partial charge on any atom is 0.134 e. The molecule has 1 atom stereocenters. The van der Waals surface area contributed by atoms with Gasteiger partial charge < -0.3 is 4.42 Å². The highest BCUT2D eigenvalue weighted by Gasteiger charge is 2.16. The molecular weight excluding hydrogens is 252 g/mol. The summed E-state index contributed by atoms with van der Waals surface area (Å²) >= 11 is 0. The van der Waals surface area contributed by atoms with Crippen LogP contribution in [0.4, 0.5) is 0 Å². The molecule has 0 radical (unpaired) electrons. The quantitative estimate of drug-likeness (QED) is 0.552. The van der Waals surface area contributed by atoms with Gasteiger partial charge in [0.15, 0.2) is 0 Å². The van der Waals surface area contributed by atoms with Crippen LogP contribution in [0, 0.1) is 0 Å². The number of aromatic nitrogens is 2. The standard InChI is InChI=1S/C15H18N4O/c1-2-19-10-11(9-17-19)7-13(18-16)15-8-12-5-3-4-6-14(12)20-15/h3-6,8-10,13,18H,2,7,16H2,1H3. The average Bonchev–Trinajstić information content (AvgIpc) is 3.10. The lowest BCUT2D eigenvalue weighted by Gasteiger charge is -2.11. The van der Waals surface area contributed by atoms with E-state index in [1.165, 1.54) is 0 Å². The summed E-state index contributed by atoms with van der Waals surface area (Å²) in [5, 5.41) is 5.37. The van der Waals surface area contributed by atoms with Crippen LogP contribution >= 0.6 is 0 Å². The smallest absolute Gasteiger partial charge is 0.134 e. The lowest BCUT2D eigenvalue weighted by atomic mass is 10.1. The number of hydrogen-bond acceptors (Lipinski definition) is 4. The van der Waals surface area contributed by atoms with Crippen LogP contribution in [0.2, 0.25) is 0 Å². The fourth-order valence-electron chi connectivity index (χ4n) is 2.34. The number of aryl methyl sites for hydroxylation is 1. The summed E-state index contributed by atoms with van der Waals surface area (Å²) in [5.74, 6) is 6.52. The Labute approximate surface area is 117 Å². The Morgan fingerprint density at radius 2 is 2.25 bits per heavy atom. The zero-order valence-corrected chi connectivity index (χ0v) is 11.4. The van der Waals surface area contributed by atoms with E-state index in [0.29, 0.717) is 0 Å². The van der Waals surface area contributed by atoms with Gasteiger partial charge in [-0.2, -0.15) is 5.10 Å². The number of rotatable bonds is 5. The molecular formula is C15H18N4O. The van der Waals surface area contributed by atoms with E-state index < -0.39 is 0 Å².